The van der Waals surface area contributed by atoms with Gasteiger partial charge in [0, 0.05) is 16.0 Å². The first-order valence-electron chi connectivity index (χ1n) is 8.52. The van der Waals surface area contributed by atoms with E-state index in [-0.39, 0.29) is 0 Å². The summed E-state index contributed by atoms with van der Waals surface area (Å²) in [6.07, 6.45) is 4.58. The maximum Gasteiger partial charge on any atom is 0.127 e. The Morgan fingerprint density at radius 1 is 1.24 bits per heavy atom. The maximum absolute atomic E-state index is 6.55. The molecule has 3 heterocycles. The lowest BCUT2D eigenvalue weighted by Crippen LogP contribution is -1.92. The number of allylic oxidation sites excluding steroid dienone is 1. The van der Waals surface area contributed by atoms with Crippen LogP contribution in [0.15, 0.2) is 46.7 Å². The molecule has 0 atom stereocenters. The standard InChI is InChI=1S/C20H20N2S3/c1-2-10-24-20-18(21)17-14(13-7-4-3-5-8-13)12-15(22-19(17)25-20)16-9-6-11-23-16/h3-5,7-9,12H,2,6,10-11,21H2,1H3. The molecule has 2 N–H and O–H groups in total. The van der Waals surface area contributed by atoms with Crippen molar-refractivity contribution >= 4 is 55.7 Å². The summed E-state index contributed by atoms with van der Waals surface area (Å²) >= 11 is 5.48. The van der Waals surface area contributed by atoms with E-state index in [0.29, 0.717) is 0 Å². The molecule has 1 aliphatic rings. The number of fused-ring (bicyclic) bond motifs is 1. The first-order valence-corrected chi connectivity index (χ1v) is 11.3. The Kier molecular flexibility index (Phi) is 5.06. The van der Waals surface area contributed by atoms with Gasteiger partial charge in [-0.3, -0.25) is 0 Å². The highest BCUT2D eigenvalue weighted by molar-refractivity contribution is 8.08. The first-order chi connectivity index (χ1) is 12.3. The number of hydrogen-bond acceptors (Lipinski definition) is 5. The molecule has 2 nitrogen and oxygen atoms in total. The van der Waals surface area contributed by atoms with Crippen LogP contribution in [0.1, 0.15) is 25.5 Å². The number of anilines is 1. The Hall–Kier alpha value is -1.43. The zero-order valence-electron chi connectivity index (χ0n) is 14.1. The molecule has 0 saturated carbocycles. The Morgan fingerprint density at radius 2 is 2.08 bits per heavy atom. The summed E-state index contributed by atoms with van der Waals surface area (Å²) in [6.45, 7) is 2.20. The number of benzene rings is 1. The number of thiophene rings is 1. The van der Waals surface area contributed by atoms with Crippen molar-refractivity contribution in [2.45, 2.75) is 24.0 Å². The number of nitrogens with two attached hydrogens (primary N) is 1. The molecule has 128 valence electrons. The third-order valence-electron chi connectivity index (χ3n) is 4.14. The van der Waals surface area contributed by atoms with Gasteiger partial charge in [-0.05, 0) is 35.8 Å². The van der Waals surface area contributed by atoms with Crippen LogP contribution in [0.5, 0.6) is 0 Å². The van der Waals surface area contributed by atoms with Crippen LogP contribution in [-0.4, -0.2) is 16.5 Å². The van der Waals surface area contributed by atoms with Crippen molar-refractivity contribution in [2.75, 3.05) is 17.2 Å². The van der Waals surface area contributed by atoms with E-state index in [1.54, 1.807) is 11.3 Å². The van der Waals surface area contributed by atoms with Gasteiger partial charge >= 0.3 is 0 Å². The summed E-state index contributed by atoms with van der Waals surface area (Å²) < 4.78 is 1.20. The third-order valence-corrected chi connectivity index (χ3v) is 7.86. The molecule has 0 spiro atoms. The molecule has 0 fully saturated rings. The van der Waals surface area contributed by atoms with E-state index in [1.165, 1.54) is 20.2 Å². The first kappa shape index (κ1) is 17.0. The van der Waals surface area contributed by atoms with E-state index >= 15 is 0 Å². The van der Waals surface area contributed by atoms with Crippen molar-refractivity contribution in [3.63, 3.8) is 0 Å². The molecule has 0 bridgehead atoms. The van der Waals surface area contributed by atoms with Crippen molar-refractivity contribution in [3.05, 3.63) is 48.2 Å². The van der Waals surface area contributed by atoms with E-state index in [2.05, 4.69) is 49.4 Å². The van der Waals surface area contributed by atoms with Crippen molar-refractivity contribution < 1.29 is 0 Å². The van der Waals surface area contributed by atoms with E-state index in [1.807, 2.05) is 23.5 Å². The van der Waals surface area contributed by atoms with Gasteiger partial charge in [-0.25, -0.2) is 4.98 Å². The summed E-state index contributed by atoms with van der Waals surface area (Å²) in [4.78, 5) is 7.33. The summed E-state index contributed by atoms with van der Waals surface area (Å²) in [5, 5.41) is 1.11. The fraction of sp³-hybridized carbons (Fsp3) is 0.250. The molecule has 1 aliphatic heterocycles. The highest BCUT2D eigenvalue weighted by Crippen LogP contribution is 2.46. The van der Waals surface area contributed by atoms with Gasteiger partial charge in [0.25, 0.3) is 0 Å². The van der Waals surface area contributed by atoms with Crippen molar-refractivity contribution in [1.29, 1.82) is 0 Å². The second-order valence-corrected chi connectivity index (χ2v) is 9.46. The second-order valence-electron chi connectivity index (χ2n) is 5.96. The Bertz CT molecular complexity index is 929. The maximum atomic E-state index is 6.55. The van der Waals surface area contributed by atoms with Gasteiger partial charge in [0.1, 0.15) is 4.83 Å². The molecular formula is C20H20N2S3. The highest BCUT2D eigenvalue weighted by atomic mass is 32.2. The molecule has 5 heteroatoms. The van der Waals surface area contributed by atoms with E-state index < -0.39 is 0 Å². The number of pyridine rings is 1. The minimum absolute atomic E-state index is 0.893. The van der Waals surface area contributed by atoms with Crippen molar-refractivity contribution in [3.8, 4) is 11.1 Å². The van der Waals surface area contributed by atoms with Crippen LogP contribution in [0.25, 0.3) is 26.2 Å². The molecule has 25 heavy (non-hydrogen) atoms. The average Bonchev–Trinajstić information content (AvgIpc) is 3.29. The number of nitrogens with zero attached hydrogens (tertiary/aromatic N) is 1. The van der Waals surface area contributed by atoms with Crippen LogP contribution in [0, 0.1) is 0 Å². The van der Waals surface area contributed by atoms with E-state index in [0.717, 1.165) is 45.9 Å². The largest absolute Gasteiger partial charge is 0.397 e. The molecular weight excluding hydrogens is 364 g/mol. The third kappa shape index (κ3) is 3.33. The van der Waals surface area contributed by atoms with Gasteiger partial charge < -0.3 is 5.73 Å². The fourth-order valence-electron chi connectivity index (χ4n) is 2.97. The summed E-state index contributed by atoms with van der Waals surface area (Å²) in [5.74, 6) is 2.24. The molecule has 0 saturated heterocycles. The van der Waals surface area contributed by atoms with Crippen LogP contribution >= 0.6 is 34.9 Å². The quantitative estimate of drug-likeness (QED) is 0.508. The minimum Gasteiger partial charge on any atom is -0.397 e. The number of thioether (sulfide) groups is 2. The van der Waals surface area contributed by atoms with Crippen molar-refractivity contribution in [2.24, 2.45) is 0 Å². The average molecular weight is 385 g/mol. The van der Waals surface area contributed by atoms with Gasteiger partial charge in [-0.15, -0.1) is 34.9 Å². The lowest BCUT2D eigenvalue weighted by molar-refractivity contribution is 1.11. The van der Waals surface area contributed by atoms with Crippen LogP contribution in [0.2, 0.25) is 0 Å². The number of aromatic nitrogens is 1. The highest BCUT2D eigenvalue weighted by Gasteiger charge is 2.19. The topological polar surface area (TPSA) is 38.9 Å². The second kappa shape index (κ2) is 7.44. The predicted octanol–water partition coefficient (Wildman–Crippen LogP) is 6.53. The lowest BCUT2D eigenvalue weighted by atomic mass is 10.0. The van der Waals surface area contributed by atoms with Gasteiger partial charge in [-0.1, -0.05) is 43.3 Å². The Balaban J connectivity index is 1.93. The number of nitrogen functional groups attached to an aromatic ring is 1. The molecule has 0 aliphatic carbocycles. The van der Waals surface area contributed by atoms with Crippen LogP contribution in [0.4, 0.5) is 5.69 Å². The minimum atomic E-state index is 0.893. The normalized spacial score (nSPS) is 14.2. The van der Waals surface area contributed by atoms with E-state index in [4.69, 9.17) is 10.7 Å². The van der Waals surface area contributed by atoms with Gasteiger partial charge in [0.2, 0.25) is 0 Å². The molecule has 4 rings (SSSR count). The Morgan fingerprint density at radius 3 is 2.80 bits per heavy atom. The number of hydrogen-bond donors (Lipinski definition) is 1. The van der Waals surface area contributed by atoms with Crippen molar-refractivity contribution in [1.82, 2.24) is 4.98 Å². The smallest absolute Gasteiger partial charge is 0.127 e. The number of rotatable bonds is 5. The molecule has 0 radical (unpaired) electrons. The monoisotopic (exact) mass is 384 g/mol. The molecule has 0 unspecified atom stereocenters. The molecule has 0 amide bonds. The van der Waals surface area contributed by atoms with Gasteiger partial charge in [-0.2, -0.15) is 0 Å². The Labute approximate surface area is 160 Å². The van der Waals surface area contributed by atoms with Crippen LogP contribution in [-0.2, 0) is 0 Å². The SMILES string of the molecule is CCCSc1sc2nc(C3=CCCS3)cc(-c3ccccc3)c2c1N. The summed E-state index contributed by atoms with van der Waals surface area (Å²) in [6, 6.07) is 12.8. The molecule has 1 aromatic carbocycles. The van der Waals surface area contributed by atoms with Gasteiger partial charge in [0.15, 0.2) is 0 Å². The predicted molar refractivity (Wildman–Crippen MR) is 116 cm³/mol. The molecule has 2 aromatic heterocycles. The zero-order chi connectivity index (χ0) is 17.2. The summed E-state index contributed by atoms with van der Waals surface area (Å²) in [5.41, 5.74) is 10.9. The fourth-order valence-corrected chi connectivity index (χ4v) is 6.14. The van der Waals surface area contributed by atoms with E-state index in [9.17, 15) is 0 Å². The summed E-state index contributed by atoms with van der Waals surface area (Å²) in [7, 11) is 0. The molecule has 3 aromatic rings. The lowest BCUT2D eigenvalue weighted by Gasteiger charge is -2.09. The van der Waals surface area contributed by atoms with Crippen LogP contribution in [0.3, 0.4) is 0 Å². The van der Waals surface area contributed by atoms with Crippen LogP contribution < -0.4 is 5.73 Å². The van der Waals surface area contributed by atoms with Gasteiger partial charge in [0.05, 0.1) is 15.6 Å². The zero-order valence-corrected chi connectivity index (χ0v) is 16.6.